The first kappa shape index (κ1) is 26.5. The van der Waals surface area contributed by atoms with Crippen LogP contribution in [0.1, 0.15) is 73.1 Å². The molecule has 0 fully saturated rings. The molecular formula is C23H40N2O5. The van der Waals surface area contributed by atoms with Crippen molar-refractivity contribution in [1.82, 2.24) is 10.2 Å². The van der Waals surface area contributed by atoms with E-state index in [2.05, 4.69) is 33.0 Å². The van der Waals surface area contributed by atoms with Crippen molar-refractivity contribution in [3.05, 3.63) is 12.2 Å². The second kappa shape index (κ2) is 13.0. The Labute approximate surface area is 181 Å². The maximum atomic E-state index is 11.5. The highest BCUT2D eigenvalue weighted by Gasteiger charge is 2.27. The Hall–Kier alpha value is -1.57. The average Bonchev–Trinajstić information content (AvgIpc) is 3.02. The van der Waals surface area contributed by atoms with E-state index in [0.29, 0.717) is 26.2 Å². The molecule has 1 heterocycles. The number of carbonyl (C=O) groups excluding carboxylic acids is 3. The fourth-order valence-electron chi connectivity index (χ4n) is 3.15. The lowest BCUT2D eigenvalue weighted by molar-refractivity contribution is -0.136. The second-order valence-corrected chi connectivity index (χ2v) is 8.52. The molecule has 2 amide bonds. The highest BCUT2D eigenvalue weighted by Crippen LogP contribution is 2.24. The molecule has 7 nitrogen and oxygen atoms in total. The summed E-state index contributed by atoms with van der Waals surface area (Å²) in [5.74, 6) is -0.307. The van der Waals surface area contributed by atoms with Crippen LogP contribution in [0.2, 0.25) is 0 Å². The number of hydrogen-bond acceptors (Lipinski definition) is 6. The summed E-state index contributed by atoms with van der Waals surface area (Å²) in [6.07, 6.45) is 7.26. The molecule has 0 aromatic rings. The minimum atomic E-state index is -0.276. The van der Waals surface area contributed by atoms with Crippen molar-refractivity contribution in [3.63, 3.8) is 0 Å². The summed E-state index contributed by atoms with van der Waals surface area (Å²) in [4.78, 5) is 35.4. The van der Waals surface area contributed by atoms with Crippen LogP contribution in [0.5, 0.6) is 0 Å². The molecule has 0 spiro atoms. The van der Waals surface area contributed by atoms with Crippen molar-refractivity contribution in [2.45, 2.75) is 84.3 Å². The number of amides is 2. The Morgan fingerprint density at radius 1 is 0.967 bits per heavy atom. The van der Waals surface area contributed by atoms with Crippen molar-refractivity contribution in [2.24, 2.45) is 0 Å². The number of ether oxygens (including phenoxy) is 2. The van der Waals surface area contributed by atoms with Gasteiger partial charge < -0.3 is 14.8 Å². The first-order chi connectivity index (χ1) is 14.1. The van der Waals surface area contributed by atoms with E-state index in [1.807, 2.05) is 0 Å². The van der Waals surface area contributed by atoms with Crippen molar-refractivity contribution >= 4 is 17.6 Å². The molecule has 0 aromatic heterocycles. The third-order valence-corrected chi connectivity index (χ3v) is 5.95. The van der Waals surface area contributed by atoms with E-state index in [-0.39, 0.29) is 28.8 Å². The molecule has 7 heteroatoms. The quantitative estimate of drug-likeness (QED) is 0.285. The summed E-state index contributed by atoms with van der Waals surface area (Å²) >= 11 is 0. The molecule has 0 saturated heterocycles. The molecule has 2 atom stereocenters. The zero-order valence-electron chi connectivity index (χ0n) is 19.4. The lowest BCUT2D eigenvalue weighted by Crippen LogP contribution is -2.37. The van der Waals surface area contributed by atoms with Crippen LogP contribution < -0.4 is 5.32 Å². The van der Waals surface area contributed by atoms with Crippen molar-refractivity contribution in [1.29, 1.82) is 0 Å². The van der Waals surface area contributed by atoms with E-state index in [0.717, 1.165) is 45.2 Å². The lowest BCUT2D eigenvalue weighted by atomic mass is 9.97. The normalized spacial score (nSPS) is 18.0. The Kier molecular flexibility index (Phi) is 11.4. The molecule has 0 aromatic carbocycles. The van der Waals surface area contributed by atoms with Gasteiger partial charge in [-0.15, -0.1) is 0 Å². The van der Waals surface area contributed by atoms with Crippen LogP contribution in [0.4, 0.5) is 0 Å². The summed E-state index contributed by atoms with van der Waals surface area (Å²) in [6.45, 7) is 13.1. The summed E-state index contributed by atoms with van der Waals surface area (Å²) in [7, 11) is 0. The molecule has 1 aliphatic rings. The van der Waals surface area contributed by atoms with Crippen molar-refractivity contribution < 1.29 is 23.9 Å². The first-order valence-electron chi connectivity index (χ1n) is 11.2. The smallest absolute Gasteiger partial charge is 0.253 e. The van der Waals surface area contributed by atoms with E-state index in [4.69, 9.17) is 9.47 Å². The van der Waals surface area contributed by atoms with Crippen LogP contribution in [0.25, 0.3) is 0 Å². The number of carbonyl (C=O) groups is 3. The predicted octanol–water partition coefficient (Wildman–Crippen LogP) is 3.02. The van der Waals surface area contributed by atoms with Gasteiger partial charge in [0.1, 0.15) is 5.78 Å². The van der Waals surface area contributed by atoms with Gasteiger partial charge in [-0.05, 0) is 66.0 Å². The third kappa shape index (κ3) is 9.49. The first-order valence-corrected chi connectivity index (χ1v) is 11.2. The molecule has 0 saturated carbocycles. The number of rotatable bonds is 17. The van der Waals surface area contributed by atoms with Gasteiger partial charge in [-0.1, -0.05) is 13.8 Å². The summed E-state index contributed by atoms with van der Waals surface area (Å²) in [5.41, 5.74) is -0.493. The Bertz CT molecular complexity index is 588. The van der Waals surface area contributed by atoms with E-state index >= 15 is 0 Å². The third-order valence-electron chi connectivity index (χ3n) is 5.95. The predicted molar refractivity (Wildman–Crippen MR) is 117 cm³/mol. The maximum Gasteiger partial charge on any atom is 0.253 e. The van der Waals surface area contributed by atoms with Crippen LogP contribution in [0.15, 0.2) is 12.2 Å². The monoisotopic (exact) mass is 424 g/mol. The van der Waals surface area contributed by atoms with Crippen LogP contribution in [0, 0.1) is 0 Å². The number of imide groups is 1. The van der Waals surface area contributed by atoms with Gasteiger partial charge in [0.2, 0.25) is 0 Å². The number of hydrogen-bond donors (Lipinski definition) is 1. The van der Waals surface area contributed by atoms with Gasteiger partial charge in [-0.3, -0.25) is 19.3 Å². The fourth-order valence-corrected chi connectivity index (χ4v) is 3.15. The molecule has 0 radical (unpaired) electrons. The second-order valence-electron chi connectivity index (χ2n) is 8.52. The van der Waals surface area contributed by atoms with Gasteiger partial charge >= 0.3 is 0 Å². The number of nitrogens with zero attached hydrogens (tertiary/aromatic N) is 1. The molecule has 0 bridgehead atoms. The zero-order valence-corrected chi connectivity index (χ0v) is 19.4. The van der Waals surface area contributed by atoms with E-state index in [1.54, 1.807) is 6.92 Å². The Morgan fingerprint density at radius 3 is 2.10 bits per heavy atom. The van der Waals surface area contributed by atoms with Crippen LogP contribution in [-0.4, -0.2) is 66.5 Å². The van der Waals surface area contributed by atoms with E-state index in [9.17, 15) is 14.4 Å². The largest absolute Gasteiger partial charge is 0.375 e. The molecule has 1 N–H and O–H groups in total. The van der Waals surface area contributed by atoms with Crippen LogP contribution in [-0.2, 0) is 23.9 Å². The van der Waals surface area contributed by atoms with E-state index < -0.39 is 0 Å². The lowest BCUT2D eigenvalue weighted by Gasteiger charge is -2.33. The summed E-state index contributed by atoms with van der Waals surface area (Å²) in [6, 6.07) is 0. The minimum Gasteiger partial charge on any atom is -0.375 e. The van der Waals surface area contributed by atoms with Crippen molar-refractivity contribution in [3.8, 4) is 0 Å². The van der Waals surface area contributed by atoms with Crippen LogP contribution >= 0.6 is 0 Å². The minimum absolute atomic E-state index is 0.144. The van der Waals surface area contributed by atoms with Gasteiger partial charge in [-0.25, -0.2) is 0 Å². The highest BCUT2D eigenvalue weighted by molar-refractivity contribution is 6.12. The summed E-state index contributed by atoms with van der Waals surface area (Å²) < 4.78 is 12.2. The van der Waals surface area contributed by atoms with Gasteiger partial charge in [-0.2, -0.15) is 0 Å². The van der Waals surface area contributed by atoms with Gasteiger partial charge in [0.05, 0.1) is 24.4 Å². The molecule has 1 rings (SSSR count). The highest BCUT2D eigenvalue weighted by atomic mass is 16.5. The SMILES string of the molecule is CCC(C)(CCNCCCN1C(=O)C=CC1=O)OCCC(C)(CC)OCCC(C)=O. The number of nitrogens with one attached hydrogen (secondary N) is 1. The van der Waals surface area contributed by atoms with Gasteiger partial charge in [0.15, 0.2) is 0 Å². The molecule has 30 heavy (non-hydrogen) atoms. The molecular weight excluding hydrogens is 384 g/mol. The topological polar surface area (TPSA) is 84.9 Å². The van der Waals surface area contributed by atoms with Gasteiger partial charge in [0, 0.05) is 25.1 Å². The number of Topliss-reactive ketones (excluding diaryl/α,β-unsaturated/α-hetero) is 1. The molecule has 1 aliphatic heterocycles. The Balaban J connectivity index is 2.25. The van der Waals surface area contributed by atoms with E-state index in [1.165, 1.54) is 17.1 Å². The summed E-state index contributed by atoms with van der Waals surface area (Å²) in [5, 5.41) is 3.38. The standard InChI is InChI=1S/C23H40N2O5/c1-6-22(4,30-18-13-23(5,7-2)29-17-11-19(3)26)12-15-24-14-8-16-25-20(27)9-10-21(25)28/h9-10,24H,6-8,11-18H2,1-5H3. The van der Waals surface area contributed by atoms with Crippen molar-refractivity contribution in [2.75, 3.05) is 32.8 Å². The molecule has 0 aliphatic carbocycles. The van der Waals surface area contributed by atoms with Crippen LogP contribution in [0.3, 0.4) is 0 Å². The maximum absolute atomic E-state index is 11.5. The van der Waals surface area contributed by atoms with Gasteiger partial charge in [0.25, 0.3) is 11.8 Å². The number of ketones is 1. The molecule has 172 valence electrons. The molecule has 2 unspecified atom stereocenters. The fraction of sp³-hybridized carbons (Fsp3) is 0.783. The zero-order chi connectivity index (χ0) is 22.6. The Morgan fingerprint density at radius 2 is 1.53 bits per heavy atom. The average molecular weight is 425 g/mol.